The second kappa shape index (κ2) is 5.34. The zero-order chi connectivity index (χ0) is 10.5. The van der Waals surface area contributed by atoms with Crippen molar-refractivity contribution in [3.63, 3.8) is 0 Å². The summed E-state index contributed by atoms with van der Waals surface area (Å²) in [5.74, 6) is 6.41. The molecule has 1 nitrogen and oxygen atoms in total. The number of hydrogen-bond donors (Lipinski definition) is 1. The SMILES string of the molecule is OC(C#Cc1ccsc1)C1CCCCC1. The van der Waals surface area contributed by atoms with E-state index in [4.69, 9.17) is 0 Å². The van der Waals surface area contributed by atoms with E-state index in [2.05, 4.69) is 11.8 Å². The Morgan fingerprint density at radius 1 is 1.33 bits per heavy atom. The van der Waals surface area contributed by atoms with Gasteiger partial charge in [-0.05, 0) is 30.2 Å². The van der Waals surface area contributed by atoms with Gasteiger partial charge < -0.3 is 5.11 Å². The molecule has 2 heteroatoms. The van der Waals surface area contributed by atoms with Gasteiger partial charge in [-0.2, -0.15) is 11.3 Å². The van der Waals surface area contributed by atoms with E-state index in [1.807, 2.05) is 16.8 Å². The third-order valence-electron chi connectivity index (χ3n) is 2.98. The first-order valence-corrected chi connectivity index (χ1v) is 6.52. The van der Waals surface area contributed by atoms with Crippen molar-refractivity contribution in [1.82, 2.24) is 0 Å². The van der Waals surface area contributed by atoms with E-state index in [1.165, 1.54) is 19.3 Å². The van der Waals surface area contributed by atoms with E-state index >= 15 is 0 Å². The van der Waals surface area contributed by atoms with Crippen LogP contribution >= 0.6 is 11.3 Å². The van der Waals surface area contributed by atoms with Crippen LogP contribution in [-0.4, -0.2) is 11.2 Å². The average molecular weight is 220 g/mol. The fourth-order valence-corrected chi connectivity index (χ4v) is 2.65. The highest BCUT2D eigenvalue weighted by Crippen LogP contribution is 2.26. The minimum Gasteiger partial charge on any atom is -0.380 e. The van der Waals surface area contributed by atoms with Gasteiger partial charge in [0.1, 0.15) is 6.10 Å². The molecule has 1 aromatic rings. The van der Waals surface area contributed by atoms with Crippen LogP contribution < -0.4 is 0 Å². The molecule has 0 aromatic carbocycles. The van der Waals surface area contributed by atoms with Crippen molar-refractivity contribution in [2.75, 3.05) is 0 Å². The quantitative estimate of drug-likeness (QED) is 0.721. The van der Waals surface area contributed by atoms with Crippen molar-refractivity contribution in [3.05, 3.63) is 22.4 Å². The van der Waals surface area contributed by atoms with Crippen LogP contribution in [0.15, 0.2) is 16.8 Å². The van der Waals surface area contributed by atoms with E-state index < -0.39 is 6.10 Å². The molecular formula is C13H16OS. The van der Waals surface area contributed by atoms with Crippen LogP contribution in [0.25, 0.3) is 0 Å². The lowest BCUT2D eigenvalue weighted by molar-refractivity contribution is 0.133. The molecule has 1 unspecified atom stereocenters. The van der Waals surface area contributed by atoms with Gasteiger partial charge in [0.25, 0.3) is 0 Å². The molecule has 2 rings (SSSR count). The fourth-order valence-electron chi connectivity index (χ4n) is 2.06. The Hall–Kier alpha value is -0.780. The maximum absolute atomic E-state index is 9.90. The third kappa shape index (κ3) is 3.09. The number of thiophene rings is 1. The Morgan fingerprint density at radius 3 is 2.80 bits per heavy atom. The summed E-state index contributed by atoms with van der Waals surface area (Å²) in [6.45, 7) is 0. The van der Waals surface area contributed by atoms with Crippen molar-refractivity contribution >= 4 is 11.3 Å². The summed E-state index contributed by atoms with van der Waals surface area (Å²) in [5.41, 5.74) is 1.02. The maximum Gasteiger partial charge on any atom is 0.117 e. The average Bonchev–Trinajstić information content (AvgIpc) is 2.80. The highest BCUT2D eigenvalue weighted by Gasteiger charge is 2.19. The summed E-state index contributed by atoms with van der Waals surface area (Å²) >= 11 is 1.64. The molecule has 0 spiro atoms. The molecule has 0 saturated heterocycles. The van der Waals surface area contributed by atoms with E-state index in [0.717, 1.165) is 18.4 Å². The molecule has 1 saturated carbocycles. The minimum atomic E-state index is -0.426. The van der Waals surface area contributed by atoms with Crippen molar-refractivity contribution in [3.8, 4) is 11.8 Å². The molecule has 0 radical (unpaired) electrons. The van der Waals surface area contributed by atoms with Gasteiger partial charge in [-0.1, -0.05) is 31.1 Å². The lowest BCUT2D eigenvalue weighted by Gasteiger charge is -2.23. The fraction of sp³-hybridized carbons (Fsp3) is 0.538. The molecular weight excluding hydrogens is 204 g/mol. The lowest BCUT2D eigenvalue weighted by Crippen LogP contribution is -2.21. The molecule has 1 aliphatic rings. The summed E-state index contributed by atoms with van der Waals surface area (Å²) in [6.07, 6.45) is 5.68. The topological polar surface area (TPSA) is 20.2 Å². The molecule has 1 aromatic heterocycles. The van der Waals surface area contributed by atoms with Gasteiger partial charge in [0.15, 0.2) is 0 Å². The first-order chi connectivity index (χ1) is 7.36. The number of rotatable bonds is 1. The third-order valence-corrected chi connectivity index (χ3v) is 3.67. The van der Waals surface area contributed by atoms with E-state index in [0.29, 0.717) is 5.92 Å². The molecule has 0 amide bonds. The predicted molar refractivity (Wildman–Crippen MR) is 63.8 cm³/mol. The highest BCUT2D eigenvalue weighted by molar-refractivity contribution is 7.08. The van der Waals surface area contributed by atoms with Crippen LogP contribution in [0.4, 0.5) is 0 Å². The maximum atomic E-state index is 9.90. The van der Waals surface area contributed by atoms with E-state index in [-0.39, 0.29) is 0 Å². The minimum absolute atomic E-state index is 0.407. The van der Waals surface area contributed by atoms with Gasteiger partial charge in [-0.25, -0.2) is 0 Å². The van der Waals surface area contributed by atoms with E-state index in [1.54, 1.807) is 11.3 Å². The summed E-state index contributed by atoms with van der Waals surface area (Å²) < 4.78 is 0. The number of hydrogen-bond acceptors (Lipinski definition) is 2. The Morgan fingerprint density at radius 2 is 2.13 bits per heavy atom. The van der Waals surface area contributed by atoms with Crippen molar-refractivity contribution in [2.45, 2.75) is 38.2 Å². The van der Waals surface area contributed by atoms with Crippen LogP contribution in [0.5, 0.6) is 0 Å². The van der Waals surface area contributed by atoms with Crippen LogP contribution in [0.1, 0.15) is 37.7 Å². The largest absolute Gasteiger partial charge is 0.380 e. The molecule has 15 heavy (non-hydrogen) atoms. The van der Waals surface area contributed by atoms with Gasteiger partial charge in [0.05, 0.1) is 0 Å². The van der Waals surface area contributed by atoms with Gasteiger partial charge in [0, 0.05) is 10.9 Å². The first kappa shape index (κ1) is 10.7. The molecule has 1 fully saturated rings. The van der Waals surface area contributed by atoms with Crippen LogP contribution in [-0.2, 0) is 0 Å². The molecule has 1 aliphatic carbocycles. The second-order valence-electron chi connectivity index (χ2n) is 4.12. The monoisotopic (exact) mass is 220 g/mol. The zero-order valence-electron chi connectivity index (χ0n) is 8.78. The van der Waals surface area contributed by atoms with Crippen molar-refractivity contribution < 1.29 is 5.11 Å². The second-order valence-corrected chi connectivity index (χ2v) is 4.90. The molecule has 0 aliphatic heterocycles. The molecule has 0 bridgehead atoms. The van der Waals surface area contributed by atoms with Crippen LogP contribution in [0.2, 0.25) is 0 Å². The Bertz CT molecular complexity index is 338. The smallest absolute Gasteiger partial charge is 0.117 e. The Labute approximate surface area is 95.1 Å². The first-order valence-electron chi connectivity index (χ1n) is 5.58. The van der Waals surface area contributed by atoms with Crippen molar-refractivity contribution in [1.29, 1.82) is 0 Å². The summed E-state index contributed by atoms with van der Waals surface area (Å²) in [4.78, 5) is 0. The summed E-state index contributed by atoms with van der Waals surface area (Å²) in [7, 11) is 0. The number of aliphatic hydroxyl groups excluding tert-OH is 1. The van der Waals surface area contributed by atoms with Gasteiger partial charge in [0.2, 0.25) is 0 Å². The number of aliphatic hydroxyl groups is 1. The molecule has 1 heterocycles. The molecule has 80 valence electrons. The lowest BCUT2D eigenvalue weighted by atomic mass is 9.85. The normalized spacial score (nSPS) is 19.3. The van der Waals surface area contributed by atoms with Gasteiger partial charge in [-0.3, -0.25) is 0 Å². The predicted octanol–water partition coefficient (Wildman–Crippen LogP) is 3.04. The summed E-state index contributed by atoms with van der Waals surface area (Å²) in [6, 6.07) is 1.99. The zero-order valence-corrected chi connectivity index (χ0v) is 9.59. The highest BCUT2D eigenvalue weighted by atomic mass is 32.1. The Kier molecular flexibility index (Phi) is 3.82. The van der Waals surface area contributed by atoms with Crippen LogP contribution in [0.3, 0.4) is 0 Å². The van der Waals surface area contributed by atoms with Crippen LogP contribution in [0, 0.1) is 17.8 Å². The Balaban J connectivity index is 1.93. The molecule has 1 atom stereocenters. The molecule has 1 N–H and O–H groups in total. The van der Waals surface area contributed by atoms with E-state index in [9.17, 15) is 5.11 Å². The standard InChI is InChI=1S/C13H16OS/c14-13(12-4-2-1-3-5-12)7-6-11-8-9-15-10-11/h8-10,12-14H,1-5H2. The summed E-state index contributed by atoms with van der Waals surface area (Å²) in [5, 5.41) is 13.9. The van der Waals surface area contributed by atoms with Gasteiger partial charge >= 0.3 is 0 Å². The van der Waals surface area contributed by atoms with Crippen molar-refractivity contribution in [2.24, 2.45) is 5.92 Å². The van der Waals surface area contributed by atoms with Gasteiger partial charge in [-0.15, -0.1) is 0 Å².